The number of rotatable bonds is 3. The molecule has 0 aliphatic carbocycles. The van der Waals surface area contributed by atoms with E-state index in [9.17, 15) is 4.79 Å². The van der Waals surface area contributed by atoms with Gasteiger partial charge in [-0.3, -0.25) is 14.6 Å². The van der Waals surface area contributed by atoms with E-state index >= 15 is 0 Å². The van der Waals surface area contributed by atoms with E-state index in [0.717, 1.165) is 28.7 Å². The van der Waals surface area contributed by atoms with Crippen molar-refractivity contribution in [1.82, 2.24) is 20.0 Å². The summed E-state index contributed by atoms with van der Waals surface area (Å²) in [4.78, 5) is 12.3. The second-order valence-corrected chi connectivity index (χ2v) is 4.59. The predicted molar refractivity (Wildman–Crippen MR) is 76.6 cm³/mol. The van der Waals surface area contributed by atoms with Crippen molar-refractivity contribution in [2.24, 2.45) is 7.05 Å². The minimum absolute atomic E-state index is 0.231. The Balaban J connectivity index is 1.93. The van der Waals surface area contributed by atoms with Crippen molar-refractivity contribution >= 4 is 22.5 Å². The lowest BCUT2D eigenvalue weighted by molar-refractivity contribution is 0.102. The molecule has 0 unspecified atom stereocenters. The largest absolute Gasteiger partial charge is 0.318 e. The number of carbonyl (C=O) groups is 1. The lowest BCUT2D eigenvalue weighted by atomic mass is 10.2. The van der Waals surface area contributed by atoms with Gasteiger partial charge in [-0.15, -0.1) is 0 Å². The Morgan fingerprint density at radius 2 is 2.20 bits per heavy atom. The maximum atomic E-state index is 12.3. The SMILES string of the molecule is CCc1nn(C)cc1NC(=O)c1n[nH]c2ccccc12. The van der Waals surface area contributed by atoms with Crippen molar-refractivity contribution < 1.29 is 4.79 Å². The minimum atomic E-state index is -0.231. The summed E-state index contributed by atoms with van der Waals surface area (Å²) >= 11 is 0. The number of aromatic amines is 1. The van der Waals surface area contributed by atoms with Crippen molar-refractivity contribution in [2.75, 3.05) is 5.32 Å². The average Bonchev–Trinajstić information content (AvgIpc) is 3.02. The maximum Gasteiger partial charge on any atom is 0.276 e. The van der Waals surface area contributed by atoms with Crippen LogP contribution in [0.15, 0.2) is 30.5 Å². The van der Waals surface area contributed by atoms with Gasteiger partial charge in [0.1, 0.15) is 0 Å². The van der Waals surface area contributed by atoms with Crippen LogP contribution in [0, 0.1) is 0 Å². The molecule has 6 heteroatoms. The Labute approximate surface area is 115 Å². The molecule has 0 spiro atoms. The van der Waals surface area contributed by atoms with E-state index in [0.29, 0.717) is 5.69 Å². The molecule has 0 saturated carbocycles. The number of nitrogens with one attached hydrogen (secondary N) is 2. The first kappa shape index (κ1) is 12.4. The number of carbonyl (C=O) groups excluding carboxylic acids is 1. The molecule has 1 aromatic carbocycles. The van der Waals surface area contributed by atoms with E-state index in [1.165, 1.54) is 0 Å². The van der Waals surface area contributed by atoms with Crippen molar-refractivity contribution in [3.63, 3.8) is 0 Å². The quantitative estimate of drug-likeness (QED) is 0.764. The number of nitrogens with zero attached hydrogens (tertiary/aromatic N) is 3. The fraction of sp³-hybridized carbons (Fsp3) is 0.214. The summed E-state index contributed by atoms with van der Waals surface area (Å²) in [6.07, 6.45) is 2.56. The molecule has 0 fully saturated rings. The van der Waals surface area contributed by atoms with E-state index in [4.69, 9.17) is 0 Å². The first-order valence-electron chi connectivity index (χ1n) is 6.46. The van der Waals surface area contributed by atoms with Gasteiger partial charge in [0.2, 0.25) is 0 Å². The molecule has 0 aliphatic rings. The Kier molecular flexibility index (Phi) is 2.98. The van der Waals surface area contributed by atoms with E-state index in [1.807, 2.05) is 38.2 Å². The van der Waals surface area contributed by atoms with Crippen LogP contribution >= 0.6 is 0 Å². The number of hydrogen-bond acceptors (Lipinski definition) is 3. The summed E-state index contributed by atoms with van der Waals surface area (Å²) in [7, 11) is 1.83. The van der Waals surface area contributed by atoms with Gasteiger partial charge in [0.15, 0.2) is 5.69 Å². The Bertz CT molecular complexity index is 771. The fourth-order valence-electron chi connectivity index (χ4n) is 2.22. The van der Waals surface area contributed by atoms with E-state index in [2.05, 4.69) is 20.6 Å². The third-order valence-corrected chi connectivity index (χ3v) is 3.17. The highest BCUT2D eigenvalue weighted by molar-refractivity contribution is 6.11. The molecule has 102 valence electrons. The first-order chi connectivity index (χ1) is 9.69. The zero-order valence-electron chi connectivity index (χ0n) is 11.3. The number of fused-ring (bicyclic) bond motifs is 1. The molecule has 6 nitrogen and oxygen atoms in total. The van der Waals surface area contributed by atoms with Crippen LogP contribution in [0.5, 0.6) is 0 Å². The second kappa shape index (κ2) is 4.80. The maximum absolute atomic E-state index is 12.3. The Morgan fingerprint density at radius 3 is 3.00 bits per heavy atom. The number of aryl methyl sites for hydroxylation is 2. The highest BCUT2D eigenvalue weighted by atomic mass is 16.2. The highest BCUT2D eigenvalue weighted by Gasteiger charge is 2.16. The van der Waals surface area contributed by atoms with Crippen LogP contribution in [0.4, 0.5) is 5.69 Å². The van der Waals surface area contributed by atoms with Crippen molar-refractivity contribution in [1.29, 1.82) is 0 Å². The Hall–Kier alpha value is -2.63. The topological polar surface area (TPSA) is 75.6 Å². The summed E-state index contributed by atoms with van der Waals surface area (Å²) in [6, 6.07) is 7.55. The standard InChI is InChI=1S/C14H15N5O/c1-3-10-12(8-19(2)18-10)15-14(20)13-9-6-4-5-7-11(9)16-17-13/h4-8H,3H2,1-2H3,(H,15,20)(H,16,17). The molecular weight excluding hydrogens is 254 g/mol. The van der Waals surface area contributed by atoms with Crippen molar-refractivity contribution in [2.45, 2.75) is 13.3 Å². The number of H-pyrrole nitrogens is 1. The minimum Gasteiger partial charge on any atom is -0.318 e. The van der Waals surface area contributed by atoms with E-state index in [-0.39, 0.29) is 5.91 Å². The lowest BCUT2D eigenvalue weighted by Crippen LogP contribution is -2.13. The van der Waals surface area contributed by atoms with E-state index < -0.39 is 0 Å². The zero-order valence-corrected chi connectivity index (χ0v) is 11.3. The normalized spacial score (nSPS) is 10.9. The van der Waals surface area contributed by atoms with Gasteiger partial charge in [0.05, 0.1) is 16.9 Å². The van der Waals surface area contributed by atoms with Gasteiger partial charge < -0.3 is 5.32 Å². The molecule has 20 heavy (non-hydrogen) atoms. The molecule has 1 amide bonds. The molecule has 3 rings (SSSR count). The van der Waals surface area contributed by atoms with Crippen LogP contribution in [0.25, 0.3) is 10.9 Å². The molecular formula is C14H15N5O. The lowest BCUT2D eigenvalue weighted by Gasteiger charge is -2.02. The average molecular weight is 269 g/mol. The molecule has 0 aliphatic heterocycles. The summed E-state index contributed by atoms with van der Waals surface area (Å²) < 4.78 is 1.69. The van der Waals surface area contributed by atoms with Crippen LogP contribution in [0.2, 0.25) is 0 Å². The molecule has 2 aromatic heterocycles. The number of para-hydroxylation sites is 1. The molecule has 2 heterocycles. The fourth-order valence-corrected chi connectivity index (χ4v) is 2.22. The Morgan fingerprint density at radius 1 is 1.40 bits per heavy atom. The van der Waals surface area contributed by atoms with Gasteiger partial charge >= 0.3 is 0 Å². The van der Waals surface area contributed by atoms with Gasteiger partial charge in [-0.05, 0) is 12.5 Å². The first-order valence-corrected chi connectivity index (χ1v) is 6.46. The molecule has 3 aromatic rings. The monoisotopic (exact) mass is 269 g/mol. The number of anilines is 1. The summed E-state index contributed by atoms with van der Waals surface area (Å²) in [5.74, 6) is -0.231. The number of aromatic nitrogens is 4. The highest BCUT2D eigenvalue weighted by Crippen LogP contribution is 2.18. The molecule has 0 radical (unpaired) electrons. The number of benzene rings is 1. The molecule has 0 saturated heterocycles. The van der Waals surface area contributed by atoms with E-state index in [1.54, 1.807) is 10.9 Å². The van der Waals surface area contributed by atoms with Crippen LogP contribution in [0.1, 0.15) is 23.1 Å². The van der Waals surface area contributed by atoms with Gasteiger partial charge in [0, 0.05) is 18.6 Å². The van der Waals surface area contributed by atoms with Crippen LogP contribution in [-0.2, 0) is 13.5 Å². The van der Waals surface area contributed by atoms with Crippen molar-refractivity contribution in [3.05, 3.63) is 41.9 Å². The summed E-state index contributed by atoms with van der Waals surface area (Å²) in [6.45, 7) is 2.00. The number of hydrogen-bond donors (Lipinski definition) is 2. The van der Waals surface area contributed by atoms with Gasteiger partial charge in [0.25, 0.3) is 5.91 Å². The number of amides is 1. The predicted octanol–water partition coefficient (Wildman–Crippen LogP) is 2.11. The van der Waals surface area contributed by atoms with Crippen molar-refractivity contribution in [3.8, 4) is 0 Å². The summed E-state index contributed by atoms with van der Waals surface area (Å²) in [5.41, 5.74) is 2.83. The smallest absolute Gasteiger partial charge is 0.276 e. The second-order valence-electron chi connectivity index (χ2n) is 4.59. The van der Waals surface area contributed by atoms with Gasteiger partial charge in [-0.2, -0.15) is 10.2 Å². The van der Waals surface area contributed by atoms with Gasteiger partial charge in [-0.25, -0.2) is 0 Å². The molecule has 0 atom stereocenters. The molecule has 2 N–H and O–H groups in total. The third-order valence-electron chi connectivity index (χ3n) is 3.17. The van der Waals surface area contributed by atoms with Crippen LogP contribution in [-0.4, -0.2) is 25.9 Å². The van der Waals surface area contributed by atoms with Gasteiger partial charge in [-0.1, -0.05) is 25.1 Å². The third kappa shape index (κ3) is 2.05. The zero-order chi connectivity index (χ0) is 14.1. The summed E-state index contributed by atoms with van der Waals surface area (Å²) in [5, 5.41) is 14.9. The molecule has 0 bridgehead atoms. The van der Waals surface area contributed by atoms with Crippen LogP contribution in [0.3, 0.4) is 0 Å². The van der Waals surface area contributed by atoms with Crippen LogP contribution < -0.4 is 5.32 Å².